The van der Waals surface area contributed by atoms with Crippen LogP contribution < -0.4 is 4.74 Å². The molecule has 0 N–H and O–H groups in total. The number of ether oxygens (including phenoxy) is 1. The lowest BCUT2D eigenvalue weighted by molar-refractivity contribution is 0.415. The van der Waals surface area contributed by atoms with Crippen molar-refractivity contribution in [1.82, 2.24) is 9.55 Å². The predicted molar refractivity (Wildman–Crippen MR) is 132 cm³/mol. The van der Waals surface area contributed by atoms with Gasteiger partial charge in [0, 0.05) is 18.2 Å². The Morgan fingerprint density at radius 1 is 0.719 bits per heavy atom. The molecule has 0 amide bonds. The summed E-state index contributed by atoms with van der Waals surface area (Å²) in [5.41, 5.74) is 4.43. The second-order valence-corrected chi connectivity index (χ2v) is 8.08. The Bertz CT molecular complexity index is 1590. The van der Waals surface area contributed by atoms with Gasteiger partial charge in [0.15, 0.2) is 0 Å². The van der Waals surface area contributed by atoms with Crippen LogP contribution >= 0.6 is 0 Å². The third kappa shape index (κ3) is 3.10. The fourth-order valence-electron chi connectivity index (χ4n) is 4.54. The molecule has 0 atom stereocenters. The van der Waals surface area contributed by atoms with Crippen molar-refractivity contribution in [2.75, 3.05) is 7.11 Å². The van der Waals surface area contributed by atoms with E-state index >= 15 is 0 Å². The highest BCUT2D eigenvalue weighted by Crippen LogP contribution is 2.33. The van der Waals surface area contributed by atoms with Gasteiger partial charge in [-0.05, 0) is 45.3 Å². The normalized spacial score (nSPS) is 11.4. The van der Waals surface area contributed by atoms with Crippen LogP contribution in [0, 0.1) is 0 Å². The number of benzene rings is 5. The smallest absolute Gasteiger partial charge is 0.142 e. The largest absolute Gasteiger partial charge is 0.497 e. The number of hydrogen-bond donors (Lipinski definition) is 0. The van der Waals surface area contributed by atoms with Gasteiger partial charge in [-0.3, -0.25) is 0 Å². The monoisotopic (exact) mass is 414 g/mol. The first-order chi connectivity index (χ1) is 15.8. The van der Waals surface area contributed by atoms with Crippen molar-refractivity contribution < 1.29 is 4.74 Å². The Morgan fingerprint density at radius 3 is 2.38 bits per heavy atom. The molecular formula is C29H22N2O. The maximum Gasteiger partial charge on any atom is 0.142 e. The first-order valence-corrected chi connectivity index (χ1v) is 10.8. The highest BCUT2D eigenvalue weighted by molar-refractivity contribution is 5.97. The minimum Gasteiger partial charge on any atom is -0.497 e. The number of rotatable bonds is 4. The van der Waals surface area contributed by atoms with E-state index in [-0.39, 0.29) is 0 Å². The van der Waals surface area contributed by atoms with Crippen LogP contribution in [0.25, 0.3) is 44.0 Å². The molecule has 0 spiro atoms. The SMILES string of the molecule is COc1ccc2c(c1)nc(-c1cccc3ccccc13)n2Cc1ccc2ccccc2c1. The molecule has 0 bridgehead atoms. The van der Waals surface area contributed by atoms with E-state index in [1.165, 1.54) is 27.1 Å². The van der Waals surface area contributed by atoms with Gasteiger partial charge in [0.05, 0.1) is 18.1 Å². The number of imidazole rings is 1. The second kappa shape index (κ2) is 7.54. The molecule has 0 aliphatic carbocycles. The molecule has 1 aromatic heterocycles. The van der Waals surface area contributed by atoms with E-state index in [9.17, 15) is 0 Å². The molecule has 6 rings (SSSR count). The quantitative estimate of drug-likeness (QED) is 0.308. The van der Waals surface area contributed by atoms with Crippen molar-refractivity contribution >= 4 is 32.6 Å². The highest BCUT2D eigenvalue weighted by atomic mass is 16.5. The van der Waals surface area contributed by atoms with Crippen LogP contribution in [0.4, 0.5) is 0 Å². The van der Waals surface area contributed by atoms with Crippen LogP contribution in [-0.4, -0.2) is 16.7 Å². The number of hydrogen-bond acceptors (Lipinski definition) is 2. The van der Waals surface area contributed by atoms with E-state index in [0.29, 0.717) is 0 Å². The average molecular weight is 415 g/mol. The lowest BCUT2D eigenvalue weighted by Gasteiger charge is -2.12. The fourth-order valence-corrected chi connectivity index (χ4v) is 4.54. The average Bonchev–Trinajstić information content (AvgIpc) is 3.20. The van der Waals surface area contributed by atoms with E-state index in [0.717, 1.165) is 34.7 Å². The van der Waals surface area contributed by atoms with Crippen LogP contribution in [0.1, 0.15) is 5.56 Å². The Labute approximate surface area is 186 Å². The number of fused-ring (bicyclic) bond motifs is 3. The maximum absolute atomic E-state index is 5.46. The molecule has 3 nitrogen and oxygen atoms in total. The zero-order valence-corrected chi connectivity index (χ0v) is 17.8. The molecule has 0 aliphatic rings. The van der Waals surface area contributed by atoms with Gasteiger partial charge in [0.2, 0.25) is 0 Å². The molecule has 32 heavy (non-hydrogen) atoms. The Hall–Kier alpha value is -4.11. The van der Waals surface area contributed by atoms with Gasteiger partial charge in [-0.1, -0.05) is 78.9 Å². The molecule has 0 aliphatic heterocycles. The van der Waals surface area contributed by atoms with Crippen molar-refractivity contribution in [1.29, 1.82) is 0 Å². The lowest BCUT2D eigenvalue weighted by Crippen LogP contribution is -2.02. The molecular weight excluding hydrogens is 392 g/mol. The summed E-state index contributed by atoms with van der Waals surface area (Å²) in [5.74, 6) is 1.79. The Balaban J connectivity index is 1.58. The van der Waals surface area contributed by atoms with Crippen LogP contribution in [0.15, 0.2) is 103 Å². The minimum atomic E-state index is 0.742. The van der Waals surface area contributed by atoms with Crippen LogP contribution in [-0.2, 0) is 6.54 Å². The Morgan fingerprint density at radius 2 is 1.50 bits per heavy atom. The second-order valence-electron chi connectivity index (χ2n) is 8.08. The number of aromatic nitrogens is 2. The minimum absolute atomic E-state index is 0.742. The van der Waals surface area contributed by atoms with Crippen LogP contribution in [0.2, 0.25) is 0 Å². The van der Waals surface area contributed by atoms with E-state index in [1.807, 2.05) is 12.1 Å². The molecule has 154 valence electrons. The fraction of sp³-hybridized carbons (Fsp3) is 0.0690. The summed E-state index contributed by atoms with van der Waals surface area (Å²) in [4.78, 5) is 5.08. The summed E-state index contributed by atoms with van der Waals surface area (Å²) in [7, 11) is 1.69. The summed E-state index contributed by atoms with van der Waals surface area (Å²) < 4.78 is 7.78. The summed E-state index contributed by atoms with van der Waals surface area (Å²) in [6, 6.07) is 36.2. The van der Waals surface area contributed by atoms with Gasteiger partial charge < -0.3 is 9.30 Å². The first-order valence-electron chi connectivity index (χ1n) is 10.8. The van der Waals surface area contributed by atoms with Crippen molar-refractivity contribution in [3.8, 4) is 17.1 Å². The molecule has 3 heteroatoms. The van der Waals surface area contributed by atoms with Gasteiger partial charge >= 0.3 is 0 Å². The standard InChI is InChI=1S/C29H22N2O/c1-32-24-15-16-28-27(18-24)30-29(26-12-6-10-22-8-4-5-11-25(22)26)31(28)19-20-13-14-21-7-2-3-9-23(21)17-20/h2-18H,19H2,1H3. The summed E-state index contributed by atoms with van der Waals surface area (Å²) in [6.45, 7) is 0.742. The van der Waals surface area contributed by atoms with Crippen molar-refractivity contribution in [2.45, 2.75) is 6.54 Å². The van der Waals surface area contributed by atoms with E-state index in [2.05, 4.69) is 95.6 Å². The zero-order chi connectivity index (χ0) is 21.5. The highest BCUT2D eigenvalue weighted by Gasteiger charge is 2.16. The van der Waals surface area contributed by atoms with E-state index < -0.39 is 0 Å². The van der Waals surface area contributed by atoms with Gasteiger partial charge in [-0.15, -0.1) is 0 Å². The van der Waals surface area contributed by atoms with E-state index in [4.69, 9.17) is 9.72 Å². The molecule has 0 unspecified atom stereocenters. The molecule has 5 aromatic carbocycles. The lowest BCUT2D eigenvalue weighted by atomic mass is 10.0. The summed E-state index contributed by atoms with van der Waals surface area (Å²) >= 11 is 0. The number of methoxy groups -OCH3 is 1. The third-order valence-electron chi connectivity index (χ3n) is 6.14. The van der Waals surface area contributed by atoms with Gasteiger partial charge in [-0.2, -0.15) is 0 Å². The number of nitrogens with zero attached hydrogens (tertiary/aromatic N) is 2. The van der Waals surface area contributed by atoms with Crippen molar-refractivity contribution in [3.05, 3.63) is 109 Å². The van der Waals surface area contributed by atoms with Crippen molar-refractivity contribution in [2.24, 2.45) is 0 Å². The maximum atomic E-state index is 5.46. The predicted octanol–water partition coefficient (Wildman–Crippen LogP) is 7.07. The third-order valence-corrected chi connectivity index (χ3v) is 6.14. The van der Waals surface area contributed by atoms with Gasteiger partial charge in [0.25, 0.3) is 0 Å². The molecule has 0 saturated heterocycles. The van der Waals surface area contributed by atoms with Crippen LogP contribution in [0.3, 0.4) is 0 Å². The molecule has 6 aromatic rings. The molecule has 0 fully saturated rings. The van der Waals surface area contributed by atoms with E-state index in [1.54, 1.807) is 7.11 Å². The zero-order valence-electron chi connectivity index (χ0n) is 17.8. The summed E-state index contributed by atoms with van der Waals surface area (Å²) in [6.07, 6.45) is 0. The molecule has 0 saturated carbocycles. The topological polar surface area (TPSA) is 27.1 Å². The van der Waals surface area contributed by atoms with Crippen LogP contribution in [0.5, 0.6) is 5.75 Å². The molecule has 0 radical (unpaired) electrons. The Kier molecular flexibility index (Phi) is 4.39. The first kappa shape index (κ1) is 18.6. The molecule has 1 heterocycles. The van der Waals surface area contributed by atoms with Gasteiger partial charge in [0.1, 0.15) is 11.6 Å². The van der Waals surface area contributed by atoms with Crippen molar-refractivity contribution in [3.63, 3.8) is 0 Å². The summed E-state index contributed by atoms with van der Waals surface area (Å²) in [5, 5.41) is 4.93. The van der Waals surface area contributed by atoms with Gasteiger partial charge in [-0.25, -0.2) is 4.98 Å².